The Morgan fingerprint density at radius 3 is 2.06 bits per heavy atom. The van der Waals surface area contributed by atoms with Gasteiger partial charge >= 0.3 is 34.3 Å². The first-order chi connectivity index (χ1) is 7.43. The van der Waals surface area contributed by atoms with Crippen molar-refractivity contribution in [1.82, 2.24) is 4.90 Å². The fourth-order valence-corrected chi connectivity index (χ4v) is 0.870. The van der Waals surface area contributed by atoms with Gasteiger partial charge in [0.05, 0.1) is 0 Å². The molecule has 0 aromatic heterocycles. The molecule has 0 saturated carbocycles. The first-order valence-electron chi connectivity index (χ1n) is 4.50. The molecule has 5 nitrogen and oxygen atoms in total. The third kappa shape index (κ3) is 11.1. The van der Waals surface area contributed by atoms with E-state index in [1.807, 2.05) is 18.2 Å². The molecule has 0 spiro atoms. The van der Waals surface area contributed by atoms with Gasteiger partial charge in [0, 0.05) is 6.54 Å². The van der Waals surface area contributed by atoms with Gasteiger partial charge in [0.1, 0.15) is 0 Å². The molecule has 0 bridgehead atoms. The van der Waals surface area contributed by atoms with Gasteiger partial charge in [0.15, 0.2) is 0 Å². The fraction of sp³-hybridized carbons (Fsp3) is 0.273. The van der Waals surface area contributed by atoms with E-state index in [9.17, 15) is 0 Å². The zero-order valence-electron chi connectivity index (χ0n) is 9.48. The van der Waals surface area contributed by atoms with E-state index in [2.05, 4.69) is 31.1 Å². The Bertz CT molecular complexity index is 329. The van der Waals surface area contributed by atoms with E-state index in [4.69, 9.17) is 19.8 Å². The number of hydrogen-bond acceptors (Lipinski definition) is 3. The van der Waals surface area contributed by atoms with Crippen LogP contribution in [0.25, 0.3) is 0 Å². The van der Waals surface area contributed by atoms with E-state index in [0.717, 1.165) is 6.54 Å². The Hall–Kier alpha value is -1.14. The third-order valence-electron chi connectivity index (χ3n) is 1.44. The summed E-state index contributed by atoms with van der Waals surface area (Å²) in [5.74, 6) is -3.65. The third-order valence-corrected chi connectivity index (χ3v) is 1.44. The minimum atomic E-state index is -1.82. The Balaban J connectivity index is 0. The van der Waals surface area contributed by atoms with Gasteiger partial charge in [-0.2, -0.15) is 30.3 Å². The molecule has 2 N–H and O–H groups in total. The summed E-state index contributed by atoms with van der Waals surface area (Å²) in [7, 11) is 4.11. The van der Waals surface area contributed by atoms with Crippen molar-refractivity contribution in [2.24, 2.45) is 0 Å². The van der Waals surface area contributed by atoms with E-state index >= 15 is 0 Å². The van der Waals surface area contributed by atoms with Crippen LogP contribution in [-0.4, -0.2) is 41.1 Å². The van der Waals surface area contributed by atoms with Crippen LogP contribution >= 0.6 is 0 Å². The molecule has 0 atom stereocenters. The summed E-state index contributed by atoms with van der Waals surface area (Å²) in [4.78, 5) is 20.3. The summed E-state index contributed by atoms with van der Waals surface area (Å²) in [5, 5.41) is 14.8. The molecule has 1 aromatic rings. The molecule has 1 aromatic carbocycles. The summed E-state index contributed by atoms with van der Waals surface area (Å²) >= 11 is 0. The predicted octanol–water partition coefficient (Wildman–Crippen LogP) is 0.701. The maximum Gasteiger partial charge on any atom is 1.00 e. The molecule has 0 aliphatic rings. The smallest absolute Gasteiger partial charge is 0.473 e. The Kier molecular flexibility index (Phi) is 10.8. The zero-order valence-corrected chi connectivity index (χ0v) is 11.6. The molecule has 0 fully saturated rings. The Labute approximate surface area is 116 Å². The largest absolute Gasteiger partial charge is 1.00 e. The molecule has 0 saturated heterocycles. The van der Waals surface area contributed by atoms with Gasteiger partial charge in [0.25, 0.3) is 0 Å². The van der Waals surface area contributed by atoms with Crippen molar-refractivity contribution in [3.8, 4) is 0 Å². The fourth-order valence-electron chi connectivity index (χ4n) is 0.870. The van der Waals surface area contributed by atoms with Crippen LogP contribution in [0.2, 0.25) is 0 Å². The van der Waals surface area contributed by atoms with Crippen LogP contribution in [-0.2, 0) is 38.5 Å². The van der Waals surface area contributed by atoms with Crippen molar-refractivity contribution in [1.29, 1.82) is 0 Å². The summed E-state index contributed by atoms with van der Waals surface area (Å²) in [6.45, 7) is 0.973. The van der Waals surface area contributed by atoms with Gasteiger partial charge in [-0.05, 0) is 14.1 Å². The Morgan fingerprint density at radius 2 is 1.76 bits per heavy atom. The van der Waals surface area contributed by atoms with E-state index < -0.39 is 11.9 Å². The zero-order chi connectivity index (χ0) is 12.6. The number of carboxylic acids is 2. The van der Waals surface area contributed by atoms with Crippen LogP contribution in [0.3, 0.4) is 0 Å². The normalized spacial score (nSPS) is 8.65. The second-order valence-electron chi connectivity index (χ2n) is 3.24. The molecule has 0 aliphatic heterocycles. The SMILES string of the molecule is CN(C)Cc1[c-]cccc1.O=C(O)C(=O)O.[Au+]. The van der Waals surface area contributed by atoms with Crippen molar-refractivity contribution >= 4 is 11.9 Å². The number of carboxylic acid groups (broad SMARTS) is 2. The van der Waals surface area contributed by atoms with Crippen LogP contribution in [0.5, 0.6) is 0 Å². The minimum Gasteiger partial charge on any atom is -0.473 e. The van der Waals surface area contributed by atoms with Crippen molar-refractivity contribution in [2.75, 3.05) is 14.1 Å². The molecule has 0 unspecified atom stereocenters. The number of carbonyl (C=O) groups is 2. The van der Waals surface area contributed by atoms with Gasteiger partial charge in [-0.25, -0.2) is 9.59 Å². The molecule has 0 heterocycles. The maximum absolute atomic E-state index is 9.10. The predicted molar refractivity (Wildman–Crippen MR) is 57.9 cm³/mol. The molecule has 0 amide bonds. The summed E-state index contributed by atoms with van der Waals surface area (Å²) in [5.41, 5.74) is 1.24. The Morgan fingerprint density at radius 1 is 1.24 bits per heavy atom. The van der Waals surface area contributed by atoms with Crippen LogP contribution in [0, 0.1) is 6.07 Å². The topological polar surface area (TPSA) is 77.8 Å². The number of rotatable bonds is 2. The minimum absolute atomic E-state index is 0. The number of benzene rings is 1. The second kappa shape index (κ2) is 10.0. The summed E-state index contributed by atoms with van der Waals surface area (Å²) in [6.07, 6.45) is 0. The van der Waals surface area contributed by atoms with Crippen molar-refractivity contribution < 1.29 is 42.2 Å². The average molecular weight is 421 g/mol. The maximum atomic E-state index is 9.10. The van der Waals surface area contributed by atoms with E-state index in [1.54, 1.807) is 0 Å². The van der Waals surface area contributed by atoms with Gasteiger partial charge in [-0.15, -0.1) is 5.56 Å². The number of nitrogens with zero attached hydrogens (tertiary/aromatic N) is 1. The molecule has 0 aliphatic carbocycles. The first kappa shape index (κ1) is 18.2. The summed E-state index contributed by atoms with van der Waals surface area (Å²) in [6, 6.07) is 11.2. The molecule has 6 heteroatoms. The van der Waals surface area contributed by atoms with Gasteiger partial charge in [0.2, 0.25) is 0 Å². The standard InChI is InChI=1S/C9H12N.C2H2O4.Au/c1-10(2)8-9-6-4-3-5-7-9;3-1(4)2(5)6;/h3-6H,8H2,1-2H3;(H,3,4)(H,5,6);/q-1;;+1. The van der Waals surface area contributed by atoms with Crippen LogP contribution in [0.4, 0.5) is 0 Å². The van der Waals surface area contributed by atoms with Crippen LogP contribution in [0.1, 0.15) is 5.56 Å². The number of hydrogen-bond donors (Lipinski definition) is 2. The van der Waals surface area contributed by atoms with E-state index in [1.165, 1.54) is 5.56 Å². The molecule has 98 valence electrons. The van der Waals surface area contributed by atoms with E-state index in [-0.39, 0.29) is 22.4 Å². The first-order valence-corrected chi connectivity index (χ1v) is 4.50. The van der Waals surface area contributed by atoms with Gasteiger partial charge < -0.3 is 15.1 Å². The van der Waals surface area contributed by atoms with E-state index in [0.29, 0.717) is 0 Å². The number of aliphatic carboxylic acids is 2. The van der Waals surface area contributed by atoms with Crippen LogP contribution in [0.15, 0.2) is 24.3 Å². The molecular formula is C11H14AuNO4. The average Bonchev–Trinajstić information content (AvgIpc) is 2.19. The monoisotopic (exact) mass is 421 g/mol. The van der Waals surface area contributed by atoms with Crippen LogP contribution < -0.4 is 0 Å². The van der Waals surface area contributed by atoms with Crippen molar-refractivity contribution in [2.45, 2.75) is 6.54 Å². The summed E-state index contributed by atoms with van der Waals surface area (Å²) < 4.78 is 0. The quantitative estimate of drug-likeness (QED) is 0.418. The second-order valence-corrected chi connectivity index (χ2v) is 3.24. The molecule has 0 radical (unpaired) electrons. The van der Waals surface area contributed by atoms with Crippen molar-refractivity contribution in [3.63, 3.8) is 0 Å². The van der Waals surface area contributed by atoms with Crippen molar-refractivity contribution in [3.05, 3.63) is 35.9 Å². The van der Waals surface area contributed by atoms with Gasteiger partial charge in [-0.1, -0.05) is 0 Å². The molecule has 1 rings (SSSR count). The van der Waals surface area contributed by atoms with Gasteiger partial charge in [-0.3, -0.25) is 0 Å². The molecular weight excluding hydrogens is 407 g/mol. The molecule has 17 heavy (non-hydrogen) atoms.